The maximum Gasteiger partial charge on any atom is 0.303 e. The Balaban J connectivity index is 2.62. The molecule has 1 N–H and O–H groups in total. The van der Waals surface area contributed by atoms with Gasteiger partial charge in [-0.3, -0.25) is 9.59 Å². The normalized spacial score (nSPS) is 20.7. The molecule has 0 bridgehead atoms. The molecule has 1 aliphatic heterocycles. The number of carboxylic acid groups (broad SMARTS) is 1. The molecule has 1 fully saturated rings. The van der Waals surface area contributed by atoms with Crippen LogP contribution in [0.15, 0.2) is 0 Å². The molecule has 4 heteroatoms. The van der Waals surface area contributed by atoms with Gasteiger partial charge in [-0.25, -0.2) is 0 Å². The Labute approximate surface area is 122 Å². The van der Waals surface area contributed by atoms with E-state index in [1.807, 2.05) is 4.90 Å². The van der Waals surface area contributed by atoms with E-state index in [0.29, 0.717) is 6.42 Å². The molecule has 0 aromatic rings. The van der Waals surface area contributed by atoms with Gasteiger partial charge in [0.25, 0.3) is 0 Å². The fourth-order valence-electron chi connectivity index (χ4n) is 3.07. The lowest BCUT2D eigenvalue weighted by atomic mass is 9.92. The molecule has 20 heavy (non-hydrogen) atoms. The summed E-state index contributed by atoms with van der Waals surface area (Å²) < 4.78 is 0. The van der Waals surface area contributed by atoms with E-state index in [2.05, 4.69) is 13.8 Å². The summed E-state index contributed by atoms with van der Waals surface area (Å²) in [6.07, 6.45) is 7.97. The molecule has 0 spiro atoms. The number of hydrogen-bond acceptors (Lipinski definition) is 2. The van der Waals surface area contributed by atoms with Gasteiger partial charge in [0.1, 0.15) is 0 Å². The molecule has 0 saturated carbocycles. The van der Waals surface area contributed by atoms with Crippen molar-refractivity contribution < 1.29 is 14.7 Å². The zero-order valence-electron chi connectivity index (χ0n) is 12.9. The molecular formula is C16H29NO3. The Bertz CT molecular complexity index is 317. The second-order valence-corrected chi connectivity index (χ2v) is 5.86. The molecule has 0 aromatic heterocycles. The van der Waals surface area contributed by atoms with Crippen molar-refractivity contribution in [1.82, 2.24) is 4.90 Å². The zero-order chi connectivity index (χ0) is 15.0. The fourth-order valence-corrected chi connectivity index (χ4v) is 3.07. The van der Waals surface area contributed by atoms with Crippen molar-refractivity contribution in [2.24, 2.45) is 5.92 Å². The number of unbranched alkanes of at least 4 members (excludes halogenated alkanes) is 1. The highest BCUT2D eigenvalue weighted by atomic mass is 16.4. The van der Waals surface area contributed by atoms with Gasteiger partial charge >= 0.3 is 5.97 Å². The lowest BCUT2D eigenvalue weighted by Crippen LogP contribution is -2.46. The first-order chi connectivity index (χ1) is 9.60. The zero-order valence-corrected chi connectivity index (χ0v) is 12.9. The standard InChI is InChI=1S/C16H29NO3/c1-3-5-8-13(4-2)16(20)17-12-7-6-9-14(17)10-11-15(18)19/h13-14H,3-12H2,1-2H3,(H,18,19). The number of nitrogens with zero attached hydrogens (tertiary/aromatic N) is 1. The molecule has 1 heterocycles. The van der Waals surface area contributed by atoms with Gasteiger partial charge < -0.3 is 10.0 Å². The Morgan fingerprint density at radius 3 is 2.65 bits per heavy atom. The van der Waals surface area contributed by atoms with Crippen molar-refractivity contribution in [2.75, 3.05) is 6.54 Å². The molecule has 0 aromatic carbocycles. The maximum atomic E-state index is 12.7. The van der Waals surface area contributed by atoms with Gasteiger partial charge in [0.05, 0.1) is 0 Å². The second kappa shape index (κ2) is 8.98. The average molecular weight is 283 g/mol. The Morgan fingerprint density at radius 1 is 1.30 bits per heavy atom. The number of rotatable bonds is 8. The summed E-state index contributed by atoms with van der Waals surface area (Å²) >= 11 is 0. The molecule has 0 aliphatic carbocycles. The van der Waals surface area contributed by atoms with Crippen LogP contribution in [-0.4, -0.2) is 34.5 Å². The second-order valence-electron chi connectivity index (χ2n) is 5.86. The quantitative estimate of drug-likeness (QED) is 0.742. The summed E-state index contributed by atoms with van der Waals surface area (Å²) in [5.74, 6) is -0.377. The van der Waals surface area contributed by atoms with Crippen molar-refractivity contribution in [2.45, 2.75) is 77.7 Å². The maximum absolute atomic E-state index is 12.7. The van der Waals surface area contributed by atoms with E-state index in [1.54, 1.807) is 0 Å². The molecule has 4 nitrogen and oxygen atoms in total. The first-order valence-electron chi connectivity index (χ1n) is 8.12. The van der Waals surface area contributed by atoms with E-state index < -0.39 is 5.97 Å². The number of likely N-dealkylation sites (tertiary alicyclic amines) is 1. The molecule has 2 unspecified atom stereocenters. The van der Waals surface area contributed by atoms with Gasteiger partial charge in [-0.2, -0.15) is 0 Å². The van der Waals surface area contributed by atoms with Crippen LogP contribution in [0.5, 0.6) is 0 Å². The van der Waals surface area contributed by atoms with Gasteiger partial charge in [0, 0.05) is 24.9 Å². The topological polar surface area (TPSA) is 57.6 Å². The Morgan fingerprint density at radius 2 is 2.05 bits per heavy atom. The number of carbonyl (C=O) groups excluding carboxylic acids is 1. The first-order valence-corrected chi connectivity index (χ1v) is 8.12. The van der Waals surface area contributed by atoms with Gasteiger partial charge in [-0.1, -0.05) is 26.7 Å². The van der Waals surface area contributed by atoms with Crippen LogP contribution in [0, 0.1) is 5.92 Å². The van der Waals surface area contributed by atoms with Gasteiger partial charge in [-0.15, -0.1) is 0 Å². The molecule has 1 saturated heterocycles. The van der Waals surface area contributed by atoms with E-state index in [0.717, 1.165) is 51.5 Å². The molecule has 116 valence electrons. The number of amides is 1. The number of aliphatic carboxylic acids is 1. The summed E-state index contributed by atoms with van der Waals surface area (Å²) in [6, 6.07) is 0.142. The number of carboxylic acids is 1. The summed E-state index contributed by atoms with van der Waals surface area (Å²) in [4.78, 5) is 25.4. The van der Waals surface area contributed by atoms with E-state index in [-0.39, 0.29) is 24.3 Å². The van der Waals surface area contributed by atoms with Crippen LogP contribution in [0.2, 0.25) is 0 Å². The summed E-state index contributed by atoms with van der Waals surface area (Å²) in [5, 5.41) is 8.84. The lowest BCUT2D eigenvalue weighted by molar-refractivity contribution is -0.142. The van der Waals surface area contributed by atoms with Gasteiger partial charge in [0.15, 0.2) is 0 Å². The highest BCUT2D eigenvalue weighted by Gasteiger charge is 2.30. The monoisotopic (exact) mass is 283 g/mol. The van der Waals surface area contributed by atoms with Crippen LogP contribution in [0.3, 0.4) is 0 Å². The van der Waals surface area contributed by atoms with Gasteiger partial charge in [0.2, 0.25) is 5.91 Å². The number of hydrogen-bond donors (Lipinski definition) is 1. The minimum Gasteiger partial charge on any atom is -0.481 e. The third kappa shape index (κ3) is 5.14. The van der Waals surface area contributed by atoms with Crippen molar-refractivity contribution in [3.63, 3.8) is 0 Å². The van der Waals surface area contributed by atoms with Crippen molar-refractivity contribution in [3.05, 3.63) is 0 Å². The highest BCUT2D eigenvalue weighted by molar-refractivity contribution is 5.79. The van der Waals surface area contributed by atoms with Crippen LogP contribution < -0.4 is 0 Å². The number of carbonyl (C=O) groups is 2. The Hall–Kier alpha value is -1.06. The lowest BCUT2D eigenvalue weighted by Gasteiger charge is -2.38. The van der Waals surface area contributed by atoms with E-state index in [4.69, 9.17) is 5.11 Å². The molecule has 2 atom stereocenters. The average Bonchev–Trinajstić information content (AvgIpc) is 2.46. The Kier molecular flexibility index (Phi) is 7.63. The molecule has 1 amide bonds. The van der Waals surface area contributed by atoms with E-state index >= 15 is 0 Å². The summed E-state index contributed by atoms with van der Waals surface area (Å²) in [5.41, 5.74) is 0. The predicted molar refractivity (Wildman–Crippen MR) is 79.5 cm³/mol. The third-order valence-electron chi connectivity index (χ3n) is 4.35. The molecule has 1 aliphatic rings. The van der Waals surface area contributed by atoms with Crippen molar-refractivity contribution in [3.8, 4) is 0 Å². The van der Waals surface area contributed by atoms with E-state index in [9.17, 15) is 9.59 Å². The van der Waals surface area contributed by atoms with Gasteiger partial charge in [-0.05, 0) is 38.5 Å². The van der Waals surface area contributed by atoms with Crippen molar-refractivity contribution in [1.29, 1.82) is 0 Å². The van der Waals surface area contributed by atoms with Crippen molar-refractivity contribution >= 4 is 11.9 Å². The molecule has 1 rings (SSSR count). The van der Waals surface area contributed by atoms with Crippen LogP contribution in [0.1, 0.15) is 71.6 Å². The SMILES string of the molecule is CCCCC(CC)C(=O)N1CCCCC1CCC(=O)O. The fraction of sp³-hybridized carbons (Fsp3) is 0.875. The van der Waals surface area contributed by atoms with Crippen LogP contribution in [0.4, 0.5) is 0 Å². The summed E-state index contributed by atoms with van der Waals surface area (Å²) in [7, 11) is 0. The number of piperidine rings is 1. The smallest absolute Gasteiger partial charge is 0.303 e. The van der Waals surface area contributed by atoms with Crippen LogP contribution in [-0.2, 0) is 9.59 Å². The molecule has 0 radical (unpaired) electrons. The largest absolute Gasteiger partial charge is 0.481 e. The third-order valence-corrected chi connectivity index (χ3v) is 4.35. The minimum absolute atomic E-state index is 0.125. The predicted octanol–water partition coefficient (Wildman–Crippen LogP) is 3.45. The van der Waals surface area contributed by atoms with Crippen LogP contribution >= 0.6 is 0 Å². The van der Waals surface area contributed by atoms with Crippen LogP contribution in [0.25, 0.3) is 0 Å². The summed E-state index contributed by atoms with van der Waals surface area (Å²) in [6.45, 7) is 5.04. The highest BCUT2D eigenvalue weighted by Crippen LogP contribution is 2.25. The first kappa shape index (κ1) is 17.0. The molecular weight excluding hydrogens is 254 g/mol. The minimum atomic E-state index is -0.763. The van der Waals surface area contributed by atoms with E-state index in [1.165, 1.54) is 0 Å².